The molecule has 0 saturated heterocycles. The summed E-state index contributed by atoms with van der Waals surface area (Å²) < 4.78 is 24.0. The molecule has 0 aliphatic carbocycles. The first-order valence-electron chi connectivity index (χ1n) is 4.94. The van der Waals surface area contributed by atoms with Gasteiger partial charge in [-0.2, -0.15) is 0 Å². The Labute approximate surface area is 103 Å². The summed E-state index contributed by atoms with van der Waals surface area (Å²) in [5.41, 5.74) is 6.13. The number of hydrogen-bond donors (Lipinski definition) is 1. The zero-order valence-corrected chi connectivity index (χ0v) is 10.9. The van der Waals surface area contributed by atoms with Crippen molar-refractivity contribution in [2.75, 3.05) is 19.5 Å². The van der Waals surface area contributed by atoms with E-state index in [9.17, 15) is 4.39 Å². The van der Waals surface area contributed by atoms with Crippen LogP contribution in [0.2, 0.25) is 0 Å². The van der Waals surface area contributed by atoms with Gasteiger partial charge in [0, 0.05) is 26.2 Å². The van der Waals surface area contributed by atoms with Crippen molar-refractivity contribution in [3.63, 3.8) is 0 Å². The number of anilines is 1. The van der Waals surface area contributed by atoms with Crippen molar-refractivity contribution < 1.29 is 13.9 Å². The summed E-state index contributed by atoms with van der Waals surface area (Å²) >= 11 is 3.06. The van der Waals surface area contributed by atoms with Gasteiger partial charge in [-0.15, -0.1) is 0 Å². The average Bonchev–Trinajstić information content (AvgIpc) is 2.23. The fourth-order valence-electron chi connectivity index (χ4n) is 1.21. The Balaban J connectivity index is 2.69. The fourth-order valence-corrected chi connectivity index (χ4v) is 1.57. The molecule has 1 unspecified atom stereocenters. The van der Waals surface area contributed by atoms with E-state index in [2.05, 4.69) is 15.9 Å². The Morgan fingerprint density at radius 3 is 2.81 bits per heavy atom. The Hall–Kier alpha value is -0.810. The van der Waals surface area contributed by atoms with Crippen LogP contribution in [0.3, 0.4) is 0 Å². The lowest BCUT2D eigenvalue weighted by Gasteiger charge is -2.16. The molecule has 1 atom stereocenters. The van der Waals surface area contributed by atoms with Gasteiger partial charge < -0.3 is 15.2 Å². The number of halogens is 2. The lowest BCUT2D eigenvalue weighted by atomic mass is 10.2. The van der Waals surface area contributed by atoms with Crippen molar-refractivity contribution in [1.29, 1.82) is 0 Å². The molecule has 0 aromatic heterocycles. The summed E-state index contributed by atoms with van der Waals surface area (Å²) in [6.07, 6.45) is 0.663. The van der Waals surface area contributed by atoms with Gasteiger partial charge >= 0.3 is 0 Å². The molecule has 16 heavy (non-hydrogen) atoms. The van der Waals surface area contributed by atoms with Crippen molar-refractivity contribution in [1.82, 2.24) is 0 Å². The van der Waals surface area contributed by atoms with Crippen LogP contribution in [-0.2, 0) is 4.74 Å². The van der Waals surface area contributed by atoms with Crippen LogP contribution in [0.15, 0.2) is 16.6 Å². The molecule has 0 spiro atoms. The zero-order chi connectivity index (χ0) is 12.1. The lowest BCUT2D eigenvalue weighted by molar-refractivity contribution is 0.135. The number of nitrogen functional groups attached to an aromatic ring is 1. The summed E-state index contributed by atoms with van der Waals surface area (Å²) in [6.45, 7) is 2.48. The Bertz CT molecular complexity index is 360. The van der Waals surface area contributed by atoms with Gasteiger partial charge in [0.05, 0.1) is 16.3 Å². The van der Waals surface area contributed by atoms with Crippen LogP contribution in [0.1, 0.15) is 13.3 Å². The van der Waals surface area contributed by atoms with E-state index in [-0.39, 0.29) is 11.9 Å². The van der Waals surface area contributed by atoms with Gasteiger partial charge in [0.2, 0.25) is 0 Å². The maximum atomic E-state index is 13.3. The summed E-state index contributed by atoms with van der Waals surface area (Å²) in [7, 11) is 1.63. The molecule has 0 fully saturated rings. The molecule has 0 bridgehead atoms. The van der Waals surface area contributed by atoms with Crippen LogP contribution < -0.4 is 10.5 Å². The van der Waals surface area contributed by atoms with Crippen LogP contribution in [0, 0.1) is 5.82 Å². The van der Waals surface area contributed by atoms with E-state index in [1.807, 2.05) is 6.92 Å². The highest BCUT2D eigenvalue weighted by Gasteiger charge is 2.10. The topological polar surface area (TPSA) is 44.5 Å². The number of rotatable bonds is 5. The Morgan fingerprint density at radius 1 is 1.50 bits per heavy atom. The molecule has 3 nitrogen and oxygen atoms in total. The zero-order valence-electron chi connectivity index (χ0n) is 9.30. The second-order valence-corrected chi connectivity index (χ2v) is 4.37. The van der Waals surface area contributed by atoms with Gasteiger partial charge in [-0.05, 0) is 28.9 Å². The van der Waals surface area contributed by atoms with E-state index in [0.29, 0.717) is 22.5 Å². The van der Waals surface area contributed by atoms with E-state index in [1.54, 1.807) is 7.11 Å². The van der Waals surface area contributed by atoms with Crippen LogP contribution in [0.4, 0.5) is 10.1 Å². The van der Waals surface area contributed by atoms with E-state index >= 15 is 0 Å². The minimum atomic E-state index is -0.386. The van der Waals surface area contributed by atoms with E-state index in [4.69, 9.17) is 15.2 Å². The van der Waals surface area contributed by atoms with Gasteiger partial charge in [-0.3, -0.25) is 0 Å². The normalized spacial score (nSPS) is 12.5. The monoisotopic (exact) mass is 291 g/mol. The molecule has 0 heterocycles. The summed E-state index contributed by atoms with van der Waals surface area (Å²) in [5.74, 6) is -0.0209. The van der Waals surface area contributed by atoms with Gasteiger partial charge in [0.25, 0.3) is 0 Å². The summed E-state index contributed by atoms with van der Waals surface area (Å²) in [4.78, 5) is 0. The molecule has 0 amide bonds. The standard InChI is InChI=1S/C11H15BrFNO2/c1-7(3-4-15-2)16-11-6-9(13)8(12)5-10(11)14/h5-7H,3-4,14H2,1-2H3. The Kier molecular flexibility index (Phi) is 5.02. The smallest absolute Gasteiger partial charge is 0.145 e. The summed E-state index contributed by atoms with van der Waals surface area (Å²) in [5, 5.41) is 0. The fraction of sp³-hybridized carbons (Fsp3) is 0.455. The molecule has 0 aliphatic rings. The van der Waals surface area contributed by atoms with Crippen LogP contribution in [-0.4, -0.2) is 19.8 Å². The van der Waals surface area contributed by atoms with Crippen LogP contribution in [0.5, 0.6) is 5.75 Å². The largest absolute Gasteiger partial charge is 0.488 e. The second kappa shape index (κ2) is 6.06. The molecule has 0 radical (unpaired) electrons. The summed E-state index contributed by atoms with van der Waals surface area (Å²) in [6, 6.07) is 2.77. The third-order valence-electron chi connectivity index (χ3n) is 2.11. The maximum absolute atomic E-state index is 13.3. The van der Waals surface area contributed by atoms with Crippen molar-refractivity contribution in [2.24, 2.45) is 0 Å². The van der Waals surface area contributed by atoms with Gasteiger partial charge in [-0.1, -0.05) is 0 Å². The molecule has 5 heteroatoms. The molecule has 90 valence electrons. The predicted octanol–water partition coefficient (Wildman–Crippen LogP) is 2.97. The van der Waals surface area contributed by atoms with Gasteiger partial charge in [0.1, 0.15) is 11.6 Å². The first-order chi connectivity index (χ1) is 7.54. The minimum absolute atomic E-state index is 0.0668. The molecule has 0 saturated carbocycles. The number of ether oxygens (including phenoxy) is 2. The number of benzene rings is 1. The van der Waals surface area contributed by atoms with E-state index in [0.717, 1.165) is 6.42 Å². The molecule has 1 rings (SSSR count). The third kappa shape index (κ3) is 3.64. The lowest BCUT2D eigenvalue weighted by Crippen LogP contribution is -2.15. The van der Waals surface area contributed by atoms with Crippen LogP contribution >= 0.6 is 15.9 Å². The van der Waals surface area contributed by atoms with Crippen molar-refractivity contribution in [3.05, 3.63) is 22.4 Å². The first kappa shape index (κ1) is 13.3. The molecule has 1 aromatic carbocycles. The minimum Gasteiger partial charge on any atom is -0.488 e. The molecule has 0 aliphatic heterocycles. The maximum Gasteiger partial charge on any atom is 0.145 e. The highest BCUT2D eigenvalue weighted by Crippen LogP contribution is 2.29. The highest BCUT2D eigenvalue weighted by atomic mass is 79.9. The molecule has 1 aromatic rings. The van der Waals surface area contributed by atoms with Crippen molar-refractivity contribution >= 4 is 21.6 Å². The van der Waals surface area contributed by atoms with Crippen LogP contribution in [0.25, 0.3) is 0 Å². The third-order valence-corrected chi connectivity index (χ3v) is 2.72. The van der Waals surface area contributed by atoms with E-state index < -0.39 is 0 Å². The Morgan fingerprint density at radius 2 is 2.19 bits per heavy atom. The van der Waals surface area contributed by atoms with Crippen molar-refractivity contribution in [2.45, 2.75) is 19.4 Å². The molecular weight excluding hydrogens is 277 g/mol. The second-order valence-electron chi connectivity index (χ2n) is 3.51. The number of methoxy groups -OCH3 is 1. The van der Waals surface area contributed by atoms with Gasteiger partial charge in [0.15, 0.2) is 0 Å². The molecular formula is C11H15BrFNO2. The van der Waals surface area contributed by atoms with Gasteiger partial charge in [-0.25, -0.2) is 4.39 Å². The average molecular weight is 292 g/mol. The SMILES string of the molecule is COCCC(C)Oc1cc(F)c(Br)cc1N. The quantitative estimate of drug-likeness (QED) is 0.849. The number of hydrogen-bond acceptors (Lipinski definition) is 3. The van der Waals surface area contributed by atoms with Crippen molar-refractivity contribution in [3.8, 4) is 5.75 Å². The first-order valence-corrected chi connectivity index (χ1v) is 5.74. The van der Waals surface area contributed by atoms with E-state index in [1.165, 1.54) is 12.1 Å². The molecule has 2 N–H and O–H groups in total. The highest BCUT2D eigenvalue weighted by molar-refractivity contribution is 9.10. The predicted molar refractivity (Wildman–Crippen MR) is 65.1 cm³/mol. The number of nitrogens with two attached hydrogens (primary N) is 1.